The Morgan fingerprint density at radius 3 is 2.00 bits per heavy atom. The molecular formula is C16H8N4. The van der Waals surface area contributed by atoms with Crippen LogP contribution in [0.15, 0.2) is 29.3 Å². The van der Waals surface area contributed by atoms with Crippen LogP contribution in [0.4, 0.5) is 0 Å². The summed E-state index contributed by atoms with van der Waals surface area (Å²) in [6, 6.07) is 13.1. The summed E-state index contributed by atoms with van der Waals surface area (Å²) >= 11 is 0. The van der Waals surface area contributed by atoms with Crippen molar-refractivity contribution in [2.75, 3.05) is 0 Å². The topological polar surface area (TPSA) is 95.2 Å². The molecule has 1 aromatic carbocycles. The first kappa shape index (κ1) is 13.1. The SMILES string of the molecule is Cc1cccc2c1C(=C(C#N)C#N)CC2=C(C#N)C#N. The van der Waals surface area contributed by atoms with Crippen LogP contribution in [0.1, 0.15) is 23.1 Å². The quantitative estimate of drug-likeness (QED) is 0.666. The van der Waals surface area contributed by atoms with Crippen molar-refractivity contribution in [3.8, 4) is 24.3 Å². The summed E-state index contributed by atoms with van der Waals surface area (Å²) in [5.41, 5.74) is 3.73. The molecule has 20 heavy (non-hydrogen) atoms. The van der Waals surface area contributed by atoms with Crippen LogP contribution in [-0.4, -0.2) is 0 Å². The highest BCUT2D eigenvalue weighted by molar-refractivity contribution is 5.99. The van der Waals surface area contributed by atoms with E-state index in [0.717, 1.165) is 16.7 Å². The molecule has 0 fully saturated rings. The van der Waals surface area contributed by atoms with Gasteiger partial charge in [0.1, 0.15) is 35.4 Å². The zero-order valence-corrected chi connectivity index (χ0v) is 10.7. The molecule has 0 spiro atoms. The number of hydrogen-bond acceptors (Lipinski definition) is 4. The van der Waals surface area contributed by atoms with Crippen LogP contribution in [-0.2, 0) is 0 Å². The summed E-state index contributed by atoms with van der Waals surface area (Å²) in [7, 11) is 0. The zero-order chi connectivity index (χ0) is 14.7. The number of allylic oxidation sites excluding steroid dienone is 4. The average molecular weight is 256 g/mol. The van der Waals surface area contributed by atoms with E-state index in [1.807, 2.05) is 49.4 Å². The van der Waals surface area contributed by atoms with Crippen LogP contribution < -0.4 is 0 Å². The smallest absolute Gasteiger partial charge is 0.133 e. The van der Waals surface area contributed by atoms with Gasteiger partial charge < -0.3 is 0 Å². The van der Waals surface area contributed by atoms with Gasteiger partial charge in [0.25, 0.3) is 0 Å². The summed E-state index contributed by atoms with van der Waals surface area (Å²) in [5, 5.41) is 36.2. The number of aryl methyl sites for hydroxylation is 1. The maximum atomic E-state index is 9.07. The fraction of sp³-hybridized carbons (Fsp3) is 0.125. The molecule has 0 aromatic heterocycles. The van der Waals surface area contributed by atoms with Crippen molar-refractivity contribution >= 4 is 11.1 Å². The summed E-state index contributed by atoms with van der Waals surface area (Å²) in [6.07, 6.45) is 0.271. The molecule has 0 saturated heterocycles. The van der Waals surface area contributed by atoms with Crippen LogP contribution in [0.3, 0.4) is 0 Å². The molecule has 0 atom stereocenters. The van der Waals surface area contributed by atoms with Gasteiger partial charge in [-0.2, -0.15) is 21.0 Å². The monoisotopic (exact) mass is 256 g/mol. The molecular weight excluding hydrogens is 248 g/mol. The molecule has 1 aromatic rings. The fourth-order valence-corrected chi connectivity index (χ4v) is 2.44. The normalized spacial score (nSPS) is 11.7. The highest BCUT2D eigenvalue weighted by Gasteiger charge is 2.28. The Hall–Kier alpha value is -3.34. The van der Waals surface area contributed by atoms with Gasteiger partial charge in [0, 0.05) is 6.42 Å². The van der Waals surface area contributed by atoms with Crippen LogP contribution in [0, 0.1) is 52.2 Å². The van der Waals surface area contributed by atoms with Gasteiger partial charge in [-0.05, 0) is 34.8 Å². The molecule has 4 heteroatoms. The van der Waals surface area contributed by atoms with E-state index in [1.54, 1.807) is 0 Å². The van der Waals surface area contributed by atoms with E-state index in [0.29, 0.717) is 11.1 Å². The molecule has 1 aliphatic carbocycles. The fourth-order valence-electron chi connectivity index (χ4n) is 2.44. The summed E-state index contributed by atoms with van der Waals surface area (Å²) in [6.45, 7) is 1.88. The third-order valence-electron chi connectivity index (χ3n) is 3.30. The molecule has 0 bridgehead atoms. The highest BCUT2D eigenvalue weighted by Crippen LogP contribution is 2.44. The molecule has 4 nitrogen and oxygen atoms in total. The predicted octanol–water partition coefficient (Wildman–Crippen LogP) is 3.00. The molecule has 0 aliphatic heterocycles. The van der Waals surface area contributed by atoms with Gasteiger partial charge in [-0.15, -0.1) is 0 Å². The van der Waals surface area contributed by atoms with Crippen LogP contribution in [0.5, 0.6) is 0 Å². The van der Waals surface area contributed by atoms with E-state index < -0.39 is 0 Å². The lowest BCUT2D eigenvalue weighted by molar-refractivity contribution is 1.39. The minimum Gasteiger partial charge on any atom is -0.192 e. The van der Waals surface area contributed by atoms with Crippen molar-refractivity contribution in [3.63, 3.8) is 0 Å². The third-order valence-corrected chi connectivity index (χ3v) is 3.30. The number of fused-ring (bicyclic) bond motifs is 1. The second kappa shape index (κ2) is 5.11. The standard InChI is InChI=1S/C16H8N4/c1-10-3-2-4-13-14(11(6-17)7-18)5-15(16(10)13)12(8-19)9-20/h2-4H,5H2,1H3. The van der Waals surface area contributed by atoms with Crippen LogP contribution in [0.25, 0.3) is 11.1 Å². The Morgan fingerprint density at radius 2 is 1.45 bits per heavy atom. The third kappa shape index (κ3) is 1.83. The molecule has 0 unspecified atom stereocenters. The highest BCUT2D eigenvalue weighted by atomic mass is 14.4. The minimum absolute atomic E-state index is 0.0297. The Labute approximate surface area is 116 Å². The second-order valence-corrected chi connectivity index (χ2v) is 4.33. The second-order valence-electron chi connectivity index (χ2n) is 4.33. The molecule has 0 amide bonds. The van der Waals surface area contributed by atoms with E-state index in [-0.39, 0.29) is 17.6 Å². The lowest BCUT2D eigenvalue weighted by atomic mass is 9.98. The van der Waals surface area contributed by atoms with Gasteiger partial charge in [-0.1, -0.05) is 18.2 Å². The van der Waals surface area contributed by atoms with Crippen molar-refractivity contribution in [1.29, 1.82) is 21.0 Å². The maximum Gasteiger partial charge on any atom is 0.133 e. The van der Waals surface area contributed by atoms with Gasteiger partial charge in [0.15, 0.2) is 0 Å². The Morgan fingerprint density at radius 1 is 0.900 bits per heavy atom. The maximum absolute atomic E-state index is 9.07. The molecule has 0 radical (unpaired) electrons. The van der Waals surface area contributed by atoms with Gasteiger partial charge >= 0.3 is 0 Å². The van der Waals surface area contributed by atoms with Crippen molar-refractivity contribution in [2.24, 2.45) is 0 Å². The molecule has 1 aliphatic rings. The van der Waals surface area contributed by atoms with Gasteiger partial charge in [-0.3, -0.25) is 0 Å². The summed E-state index contributed by atoms with van der Waals surface area (Å²) in [4.78, 5) is 0. The number of nitrogens with zero attached hydrogens (tertiary/aromatic N) is 4. The van der Waals surface area contributed by atoms with Gasteiger partial charge in [0.05, 0.1) is 0 Å². The van der Waals surface area contributed by atoms with E-state index in [4.69, 9.17) is 21.0 Å². The van der Waals surface area contributed by atoms with Crippen molar-refractivity contribution in [2.45, 2.75) is 13.3 Å². The first-order valence-electron chi connectivity index (χ1n) is 5.85. The number of nitriles is 4. The molecule has 92 valence electrons. The number of hydrogen-bond donors (Lipinski definition) is 0. The van der Waals surface area contributed by atoms with Crippen LogP contribution >= 0.6 is 0 Å². The van der Waals surface area contributed by atoms with E-state index >= 15 is 0 Å². The molecule has 0 N–H and O–H groups in total. The summed E-state index contributed by atoms with van der Waals surface area (Å²) in [5.74, 6) is 0. The largest absolute Gasteiger partial charge is 0.192 e. The summed E-state index contributed by atoms with van der Waals surface area (Å²) < 4.78 is 0. The average Bonchev–Trinajstić information content (AvgIpc) is 2.83. The van der Waals surface area contributed by atoms with Crippen molar-refractivity contribution < 1.29 is 0 Å². The Kier molecular flexibility index (Phi) is 3.35. The van der Waals surface area contributed by atoms with E-state index in [9.17, 15) is 0 Å². The molecule has 0 heterocycles. The van der Waals surface area contributed by atoms with Crippen LogP contribution in [0.2, 0.25) is 0 Å². The molecule has 2 rings (SSSR count). The lowest BCUT2D eigenvalue weighted by Crippen LogP contribution is -1.89. The number of benzene rings is 1. The minimum atomic E-state index is 0.0297. The lowest BCUT2D eigenvalue weighted by Gasteiger charge is -2.04. The Balaban J connectivity index is 2.90. The van der Waals surface area contributed by atoms with Crippen molar-refractivity contribution in [3.05, 3.63) is 46.0 Å². The predicted molar refractivity (Wildman–Crippen MR) is 72.1 cm³/mol. The Bertz CT molecular complexity index is 795. The van der Waals surface area contributed by atoms with E-state index in [2.05, 4.69) is 0 Å². The first-order valence-corrected chi connectivity index (χ1v) is 5.85. The number of rotatable bonds is 0. The van der Waals surface area contributed by atoms with Gasteiger partial charge in [-0.25, -0.2) is 0 Å². The van der Waals surface area contributed by atoms with E-state index in [1.165, 1.54) is 0 Å². The van der Waals surface area contributed by atoms with Gasteiger partial charge in [0.2, 0.25) is 0 Å². The molecule has 0 saturated carbocycles. The first-order chi connectivity index (χ1) is 9.67. The van der Waals surface area contributed by atoms with Crippen molar-refractivity contribution in [1.82, 2.24) is 0 Å². The zero-order valence-electron chi connectivity index (χ0n) is 10.7.